The maximum atomic E-state index is 12.1. The molecule has 2 heterocycles. The summed E-state index contributed by atoms with van der Waals surface area (Å²) in [5.41, 5.74) is 6.96. The van der Waals surface area contributed by atoms with Crippen LogP contribution in [0.3, 0.4) is 0 Å². The average Bonchev–Trinajstić information content (AvgIpc) is 3.33. The second-order valence-corrected chi connectivity index (χ2v) is 9.49. The third-order valence-electron chi connectivity index (χ3n) is 3.91. The highest BCUT2D eigenvalue weighted by molar-refractivity contribution is 9.10. The zero-order valence-corrected chi connectivity index (χ0v) is 19.3. The molecule has 0 saturated carbocycles. The van der Waals surface area contributed by atoms with Crippen molar-refractivity contribution >= 4 is 50.9 Å². The normalized spacial score (nSPS) is 11.9. The molecule has 0 fully saturated rings. The maximum absolute atomic E-state index is 12.1. The molecular weight excluding hydrogens is 492 g/mol. The fraction of sp³-hybridized carbons (Fsp3) is 0.316. The first-order valence-electron chi connectivity index (χ1n) is 9.04. The van der Waals surface area contributed by atoms with Crippen molar-refractivity contribution in [2.75, 3.05) is 0 Å². The molecule has 2 N–H and O–H groups in total. The molecule has 2 aromatic heterocycles. The topological polar surface area (TPSA) is 121 Å². The minimum Gasteiger partial charge on any atom is -0.455 e. The Hall–Kier alpha value is -2.24. The molecule has 3 aromatic rings. The van der Waals surface area contributed by atoms with Gasteiger partial charge in [0.2, 0.25) is 5.91 Å². The van der Waals surface area contributed by atoms with Crippen LogP contribution in [0.15, 0.2) is 43.0 Å². The molecule has 0 aliphatic rings. The van der Waals surface area contributed by atoms with E-state index in [0.717, 1.165) is 10.0 Å². The number of rotatable bonds is 10. The van der Waals surface area contributed by atoms with Crippen molar-refractivity contribution in [2.24, 2.45) is 5.73 Å². The molecular formula is C19H19BrN4O4S2. The van der Waals surface area contributed by atoms with Gasteiger partial charge in [-0.25, -0.2) is 4.98 Å². The van der Waals surface area contributed by atoms with E-state index in [1.54, 1.807) is 5.38 Å². The van der Waals surface area contributed by atoms with Gasteiger partial charge in [-0.2, -0.15) is 4.98 Å². The summed E-state index contributed by atoms with van der Waals surface area (Å²) in [6.07, 6.45) is 1.15. The lowest BCUT2D eigenvalue weighted by atomic mass is 10.1. The van der Waals surface area contributed by atoms with Gasteiger partial charge in [0.15, 0.2) is 16.8 Å². The van der Waals surface area contributed by atoms with Crippen LogP contribution in [0.1, 0.15) is 36.3 Å². The first-order valence-corrected chi connectivity index (χ1v) is 11.6. The van der Waals surface area contributed by atoms with Crippen LogP contribution in [0, 0.1) is 0 Å². The molecule has 0 aliphatic heterocycles. The number of primary amides is 1. The summed E-state index contributed by atoms with van der Waals surface area (Å²) in [6.45, 7) is 1.78. The molecule has 1 amide bonds. The molecule has 158 valence electrons. The fourth-order valence-corrected chi connectivity index (χ4v) is 4.88. The molecule has 11 heteroatoms. The largest absolute Gasteiger partial charge is 0.455 e. The molecule has 0 saturated heterocycles. The van der Waals surface area contributed by atoms with Gasteiger partial charge in [-0.1, -0.05) is 51.9 Å². The smallest absolute Gasteiger partial charge is 0.312 e. The number of benzene rings is 1. The molecule has 1 aromatic carbocycles. The summed E-state index contributed by atoms with van der Waals surface area (Å²) in [6, 6.07) is 7.81. The average molecular weight is 511 g/mol. The lowest BCUT2D eigenvalue weighted by Crippen LogP contribution is -2.24. The Bertz CT molecular complexity index is 1020. The van der Waals surface area contributed by atoms with Gasteiger partial charge in [-0.05, 0) is 24.1 Å². The first kappa shape index (κ1) is 22.4. The molecule has 1 atom stereocenters. The predicted octanol–water partition coefficient (Wildman–Crippen LogP) is 3.52. The van der Waals surface area contributed by atoms with Crippen molar-refractivity contribution < 1.29 is 18.8 Å². The van der Waals surface area contributed by atoms with Crippen molar-refractivity contribution in [2.45, 2.75) is 42.4 Å². The number of nitrogens with zero attached hydrogens (tertiary/aromatic N) is 3. The van der Waals surface area contributed by atoms with E-state index in [9.17, 15) is 9.59 Å². The Morgan fingerprint density at radius 1 is 1.37 bits per heavy atom. The lowest BCUT2D eigenvalue weighted by Gasteiger charge is -2.06. The second kappa shape index (κ2) is 10.7. The number of esters is 1. The number of carbonyl (C=O) groups is 2. The van der Waals surface area contributed by atoms with Crippen LogP contribution in [0.5, 0.6) is 0 Å². The van der Waals surface area contributed by atoms with E-state index in [-0.39, 0.29) is 30.1 Å². The second-order valence-electron chi connectivity index (χ2n) is 6.27. The highest BCUT2D eigenvalue weighted by Crippen LogP contribution is 2.28. The number of amides is 1. The fourth-order valence-electron chi connectivity index (χ4n) is 2.48. The van der Waals surface area contributed by atoms with Gasteiger partial charge >= 0.3 is 5.97 Å². The summed E-state index contributed by atoms with van der Waals surface area (Å²) in [5, 5.41) is 5.34. The van der Waals surface area contributed by atoms with Crippen LogP contribution in [0.25, 0.3) is 0 Å². The lowest BCUT2D eigenvalue weighted by molar-refractivity contribution is -0.145. The molecule has 0 bridgehead atoms. The van der Waals surface area contributed by atoms with Crippen molar-refractivity contribution in [1.29, 1.82) is 0 Å². The van der Waals surface area contributed by atoms with Crippen LogP contribution in [0.4, 0.5) is 0 Å². The number of ether oxygens (including phenoxy) is 1. The van der Waals surface area contributed by atoms with Crippen molar-refractivity contribution in [1.82, 2.24) is 15.1 Å². The van der Waals surface area contributed by atoms with Gasteiger partial charge in [0, 0.05) is 16.3 Å². The molecule has 8 nitrogen and oxygen atoms in total. The minimum absolute atomic E-state index is 0.0173. The Morgan fingerprint density at radius 3 is 2.93 bits per heavy atom. The number of carbonyl (C=O) groups excluding carboxylic acids is 2. The van der Waals surface area contributed by atoms with E-state index < -0.39 is 5.97 Å². The standard InChI is InChI=1S/C19H19BrN4O4S2/c1-2-14(18(21)26)30-19-22-13(10-29-19)8-17(25)27-9-16-23-15(24-28-16)7-11-4-3-5-12(20)6-11/h3-6,10,14H,2,7-9H2,1H3,(H2,21,26). The Labute approximate surface area is 189 Å². The van der Waals surface area contributed by atoms with Crippen LogP contribution in [-0.4, -0.2) is 32.3 Å². The number of halogens is 1. The third-order valence-corrected chi connectivity index (χ3v) is 6.80. The van der Waals surface area contributed by atoms with Crippen molar-refractivity contribution in [3.05, 3.63) is 57.1 Å². The Morgan fingerprint density at radius 2 is 2.20 bits per heavy atom. The van der Waals surface area contributed by atoms with E-state index in [1.807, 2.05) is 31.2 Å². The number of hydrogen-bond acceptors (Lipinski definition) is 9. The molecule has 30 heavy (non-hydrogen) atoms. The van der Waals surface area contributed by atoms with Crippen LogP contribution in [0.2, 0.25) is 0 Å². The molecule has 0 aliphatic carbocycles. The quantitative estimate of drug-likeness (QED) is 0.324. The number of nitrogens with two attached hydrogens (primary N) is 1. The van der Waals surface area contributed by atoms with Gasteiger partial charge in [0.1, 0.15) is 0 Å². The summed E-state index contributed by atoms with van der Waals surface area (Å²) in [4.78, 5) is 32.0. The van der Waals surface area contributed by atoms with Gasteiger partial charge in [0.25, 0.3) is 5.89 Å². The predicted molar refractivity (Wildman–Crippen MR) is 116 cm³/mol. The minimum atomic E-state index is -0.453. The monoisotopic (exact) mass is 510 g/mol. The summed E-state index contributed by atoms with van der Waals surface area (Å²) in [7, 11) is 0. The SMILES string of the molecule is CCC(Sc1nc(CC(=O)OCc2nc(Cc3cccc(Br)c3)no2)cs1)C(N)=O. The van der Waals surface area contributed by atoms with E-state index in [4.69, 9.17) is 15.0 Å². The maximum Gasteiger partial charge on any atom is 0.312 e. The number of thiazole rings is 1. The molecule has 3 rings (SSSR count). The Kier molecular flexibility index (Phi) is 8.00. The highest BCUT2D eigenvalue weighted by Gasteiger charge is 2.18. The third kappa shape index (κ3) is 6.64. The van der Waals surface area contributed by atoms with Crippen molar-refractivity contribution in [3.8, 4) is 0 Å². The zero-order chi connectivity index (χ0) is 21.5. The van der Waals surface area contributed by atoms with Crippen LogP contribution >= 0.6 is 39.0 Å². The first-order chi connectivity index (χ1) is 14.4. The number of hydrogen-bond donors (Lipinski definition) is 1. The van der Waals surface area contributed by atoms with Gasteiger partial charge in [-0.3, -0.25) is 9.59 Å². The number of thioether (sulfide) groups is 1. The molecule has 1 unspecified atom stereocenters. The highest BCUT2D eigenvalue weighted by atomic mass is 79.9. The van der Waals surface area contributed by atoms with Gasteiger partial charge in [0.05, 0.1) is 17.4 Å². The number of aromatic nitrogens is 3. The Balaban J connectivity index is 1.47. The van der Waals surface area contributed by atoms with E-state index >= 15 is 0 Å². The summed E-state index contributed by atoms with van der Waals surface area (Å²) in [5.74, 6) is -0.0848. The van der Waals surface area contributed by atoms with Crippen LogP contribution < -0.4 is 5.73 Å². The summed E-state index contributed by atoms with van der Waals surface area (Å²) < 4.78 is 12.0. The van der Waals surface area contributed by atoms with Crippen molar-refractivity contribution in [3.63, 3.8) is 0 Å². The van der Waals surface area contributed by atoms with E-state index in [1.165, 1.54) is 23.1 Å². The van der Waals surface area contributed by atoms with E-state index in [0.29, 0.717) is 28.7 Å². The van der Waals surface area contributed by atoms with Crippen LogP contribution in [-0.2, 0) is 33.8 Å². The zero-order valence-electron chi connectivity index (χ0n) is 16.0. The molecule has 0 radical (unpaired) electrons. The van der Waals surface area contributed by atoms with Gasteiger partial charge < -0.3 is 15.0 Å². The van der Waals surface area contributed by atoms with Gasteiger partial charge in [-0.15, -0.1) is 11.3 Å². The summed E-state index contributed by atoms with van der Waals surface area (Å²) >= 11 is 6.09. The molecule has 0 spiro atoms. The van der Waals surface area contributed by atoms with E-state index in [2.05, 4.69) is 31.1 Å².